The van der Waals surface area contributed by atoms with Gasteiger partial charge in [0.2, 0.25) is 0 Å². The van der Waals surface area contributed by atoms with Gasteiger partial charge in [-0.3, -0.25) is 0 Å². The first-order valence-electron chi connectivity index (χ1n) is 6.00. The first-order valence-corrected chi connectivity index (χ1v) is 6.80. The molecule has 0 aliphatic rings. The number of anilines is 1. The van der Waals surface area contributed by atoms with E-state index >= 15 is 0 Å². The minimum Gasteiger partial charge on any atom is -0.386 e. The third-order valence-electron chi connectivity index (χ3n) is 2.94. The Balaban J connectivity index is 2.04. The normalized spacial score (nSPS) is 12.2. The van der Waals surface area contributed by atoms with Crippen molar-refractivity contribution in [2.24, 2.45) is 0 Å². The van der Waals surface area contributed by atoms with E-state index in [-0.39, 0.29) is 12.4 Å². The third kappa shape index (κ3) is 3.55. The van der Waals surface area contributed by atoms with Gasteiger partial charge in [0.1, 0.15) is 5.82 Å². The highest BCUT2D eigenvalue weighted by atomic mass is 79.9. The molecule has 2 N–H and O–H groups in total. The summed E-state index contributed by atoms with van der Waals surface area (Å²) in [6.07, 6.45) is -0.871. The molecule has 0 amide bonds. The highest BCUT2D eigenvalue weighted by Crippen LogP contribution is 2.22. The number of hydrogen-bond donors (Lipinski definition) is 2. The molecule has 19 heavy (non-hydrogen) atoms. The van der Waals surface area contributed by atoms with Crippen LogP contribution in [0.1, 0.15) is 17.2 Å². The van der Waals surface area contributed by atoms with E-state index < -0.39 is 6.10 Å². The highest BCUT2D eigenvalue weighted by molar-refractivity contribution is 9.10. The Morgan fingerprint density at radius 3 is 2.68 bits per heavy atom. The Morgan fingerprint density at radius 2 is 2.00 bits per heavy atom. The first-order chi connectivity index (χ1) is 9.08. The zero-order valence-corrected chi connectivity index (χ0v) is 12.1. The molecule has 0 aromatic heterocycles. The molecule has 0 saturated heterocycles. The van der Waals surface area contributed by atoms with E-state index in [9.17, 15) is 9.50 Å². The molecule has 1 atom stereocenters. The number of benzene rings is 2. The summed E-state index contributed by atoms with van der Waals surface area (Å²) >= 11 is 3.40. The predicted octanol–water partition coefficient (Wildman–Crippen LogP) is 4.04. The second-order valence-corrected chi connectivity index (χ2v) is 5.29. The van der Waals surface area contributed by atoms with Crippen LogP contribution in [0.5, 0.6) is 0 Å². The standard InChI is InChI=1S/C15H15BrFNO/c1-10-8-11(16)6-7-14(10)18-9-15(19)12-4-2-3-5-13(12)17/h2-8,15,18-19H,9H2,1H3. The van der Waals surface area contributed by atoms with Crippen LogP contribution in [0.3, 0.4) is 0 Å². The summed E-state index contributed by atoms with van der Waals surface area (Å²) in [6, 6.07) is 12.1. The molecule has 0 bridgehead atoms. The summed E-state index contributed by atoms with van der Waals surface area (Å²) < 4.78 is 14.5. The minimum absolute atomic E-state index is 0.267. The van der Waals surface area contributed by atoms with E-state index in [1.807, 2.05) is 25.1 Å². The molecular weight excluding hydrogens is 309 g/mol. The van der Waals surface area contributed by atoms with Crippen LogP contribution in [0.25, 0.3) is 0 Å². The topological polar surface area (TPSA) is 32.3 Å². The van der Waals surface area contributed by atoms with Crippen molar-refractivity contribution in [1.29, 1.82) is 0 Å². The molecule has 2 aromatic carbocycles. The van der Waals surface area contributed by atoms with Crippen molar-refractivity contribution in [2.45, 2.75) is 13.0 Å². The van der Waals surface area contributed by atoms with E-state index in [1.54, 1.807) is 18.2 Å². The Hall–Kier alpha value is -1.39. The maximum atomic E-state index is 13.5. The van der Waals surface area contributed by atoms with Crippen molar-refractivity contribution in [3.05, 3.63) is 63.9 Å². The van der Waals surface area contributed by atoms with E-state index in [0.29, 0.717) is 5.56 Å². The van der Waals surface area contributed by atoms with Gasteiger partial charge in [0, 0.05) is 22.3 Å². The van der Waals surface area contributed by atoms with Gasteiger partial charge < -0.3 is 10.4 Å². The first kappa shape index (κ1) is 14.0. The van der Waals surface area contributed by atoms with Gasteiger partial charge >= 0.3 is 0 Å². The van der Waals surface area contributed by atoms with Gasteiger partial charge in [0.25, 0.3) is 0 Å². The van der Waals surface area contributed by atoms with Gasteiger partial charge in [0.15, 0.2) is 0 Å². The van der Waals surface area contributed by atoms with Crippen molar-refractivity contribution < 1.29 is 9.50 Å². The molecule has 0 radical (unpaired) electrons. The van der Waals surface area contributed by atoms with Gasteiger partial charge in [-0.05, 0) is 36.8 Å². The SMILES string of the molecule is Cc1cc(Br)ccc1NCC(O)c1ccccc1F. The Bertz CT molecular complexity index is 574. The molecule has 0 saturated carbocycles. The highest BCUT2D eigenvalue weighted by Gasteiger charge is 2.12. The van der Waals surface area contributed by atoms with Crippen LogP contribution in [-0.2, 0) is 0 Å². The van der Waals surface area contributed by atoms with E-state index in [0.717, 1.165) is 15.7 Å². The zero-order chi connectivity index (χ0) is 13.8. The van der Waals surface area contributed by atoms with Gasteiger partial charge in [-0.1, -0.05) is 34.1 Å². The average molecular weight is 324 g/mol. The molecule has 2 nitrogen and oxygen atoms in total. The van der Waals surface area contributed by atoms with Crippen molar-refractivity contribution >= 4 is 21.6 Å². The quantitative estimate of drug-likeness (QED) is 0.889. The van der Waals surface area contributed by atoms with E-state index in [2.05, 4.69) is 21.2 Å². The zero-order valence-electron chi connectivity index (χ0n) is 10.5. The lowest BCUT2D eigenvalue weighted by Gasteiger charge is -2.15. The average Bonchev–Trinajstić information content (AvgIpc) is 2.38. The van der Waals surface area contributed by atoms with Crippen molar-refractivity contribution in [3.63, 3.8) is 0 Å². The number of aliphatic hydroxyl groups is 1. The molecule has 0 spiro atoms. The summed E-state index contributed by atoms with van der Waals surface area (Å²) in [5, 5.41) is 13.1. The Labute approximate surface area is 120 Å². The molecule has 0 fully saturated rings. The van der Waals surface area contributed by atoms with Gasteiger partial charge in [0.05, 0.1) is 6.10 Å². The second-order valence-electron chi connectivity index (χ2n) is 4.38. The molecule has 0 heterocycles. The van der Waals surface area contributed by atoms with Crippen molar-refractivity contribution in [1.82, 2.24) is 0 Å². The fraction of sp³-hybridized carbons (Fsp3) is 0.200. The maximum absolute atomic E-state index is 13.5. The summed E-state index contributed by atoms with van der Waals surface area (Å²) in [4.78, 5) is 0. The maximum Gasteiger partial charge on any atom is 0.129 e. The van der Waals surface area contributed by atoms with Gasteiger partial charge in [-0.2, -0.15) is 0 Å². The number of nitrogens with one attached hydrogen (secondary N) is 1. The summed E-state index contributed by atoms with van der Waals surface area (Å²) in [5.41, 5.74) is 2.30. The van der Waals surface area contributed by atoms with Crippen LogP contribution < -0.4 is 5.32 Å². The predicted molar refractivity (Wildman–Crippen MR) is 78.7 cm³/mol. The monoisotopic (exact) mass is 323 g/mol. The Kier molecular flexibility index (Phi) is 4.56. The second kappa shape index (κ2) is 6.17. The van der Waals surface area contributed by atoms with Gasteiger partial charge in [-0.25, -0.2) is 4.39 Å². The summed E-state index contributed by atoms with van der Waals surface area (Å²) in [6.45, 7) is 2.24. The number of aliphatic hydroxyl groups excluding tert-OH is 1. The Morgan fingerprint density at radius 1 is 1.26 bits per heavy atom. The van der Waals surface area contributed by atoms with Crippen molar-refractivity contribution in [2.75, 3.05) is 11.9 Å². The molecule has 100 valence electrons. The fourth-order valence-corrected chi connectivity index (χ4v) is 2.36. The lowest BCUT2D eigenvalue weighted by molar-refractivity contribution is 0.186. The molecule has 0 aliphatic heterocycles. The van der Waals surface area contributed by atoms with Crippen LogP contribution in [-0.4, -0.2) is 11.7 Å². The van der Waals surface area contributed by atoms with Gasteiger partial charge in [-0.15, -0.1) is 0 Å². The lowest BCUT2D eigenvalue weighted by Crippen LogP contribution is -2.14. The fourth-order valence-electron chi connectivity index (χ4n) is 1.89. The number of aryl methyl sites for hydroxylation is 1. The molecule has 2 aromatic rings. The number of hydrogen-bond acceptors (Lipinski definition) is 2. The lowest BCUT2D eigenvalue weighted by atomic mass is 10.1. The smallest absolute Gasteiger partial charge is 0.129 e. The number of halogens is 2. The van der Waals surface area contributed by atoms with Crippen molar-refractivity contribution in [3.8, 4) is 0 Å². The number of rotatable bonds is 4. The van der Waals surface area contributed by atoms with Crippen LogP contribution in [0, 0.1) is 12.7 Å². The van der Waals surface area contributed by atoms with Crippen LogP contribution in [0.4, 0.5) is 10.1 Å². The van der Waals surface area contributed by atoms with Crippen LogP contribution >= 0.6 is 15.9 Å². The van der Waals surface area contributed by atoms with Crippen LogP contribution in [0.15, 0.2) is 46.9 Å². The molecule has 2 rings (SSSR count). The van der Waals surface area contributed by atoms with E-state index in [1.165, 1.54) is 6.07 Å². The summed E-state index contributed by atoms with van der Waals surface area (Å²) in [5.74, 6) is -0.385. The molecular formula is C15H15BrFNO. The van der Waals surface area contributed by atoms with E-state index in [4.69, 9.17) is 0 Å². The molecule has 4 heteroatoms. The molecule has 1 unspecified atom stereocenters. The third-order valence-corrected chi connectivity index (χ3v) is 3.43. The minimum atomic E-state index is -0.871. The summed E-state index contributed by atoms with van der Waals surface area (Å²) in [7, 11) is 0. The largest absolute Gasteiger partial charge is 0.386 e. The van der Waals surface area contributed by atoms with Crippen LogP contribution in [0.2, 0.25) is 0 Å². The molecule has 0 aliphatic carbocycles.